The Morgan fingerprint density at radius 2 is 1.93 bits per heavy atom. The van der Waals surface area contributed by atoms with Crippen molar-refractivity contribution in [2.75, 3.05) is 5.32 Å². The number of hydrogen-bond acceptors (Lipinski definition) is 3. The molecule has 0 saturated heterocycles. The summed E-state index contributed by atoms with van der Waals surface area (Å²) in [5.74, 6) is 1.00. The van der Waals surface area contributed by atoms with Gasteiger partial charge in [-0.1, -0.05) is 56.4 Å². The molecule has 1 N–H and O–H groups in total. The monoisotopic (exact) mass is 376 g/mol. The number of carbonyl (C=O) groups excluding carboxylic acids is 1. The molecule has 0 bridgehead atoms. The van der Waals surface area contributed by atoms with E-state index in [1.54, 1.807) is 18.3 Å². The van der Waals surface area contributed by atoms with Crippen molar-refractivity contribution in [3.63, 3.8) is 0 Å². The number of halogens is 1. The lowest BCUT2D eigenvalue weighted by Gasteiger charge is -2.21. The van der Waals surface area contributed by atoms with Gasteiger partial charge in [0.25, 0.3) is 0 Å². The van der Waals surface area contributed by atoms with Crippen molar-refractivity contribution in [1.29, 1.82) is 0 Å². The van der Waals surface area contributed by atoms with E-state index >= 15 is 0 Å². The lowest BCUT2D eigenvalue weighted by Crippen LogP contribution is -2.13. The van der Waals surface area contributed by atoms with E-state index in [1.165, 1.54) is 31.4 Å². The molecule has 4 heteroatoms. The maximum atomic E-state index is 13.5. The van der Waals surface area contributed by atoms with Crippen LogP contribution < -0.4 is 5.32 Å². The fourth-order valence-corrected chi connectivity index (χ4v) is 4.26. The summed E-state index contributed by atoms with van der Waals surface area (Å²) in [5, 5.41) is 5.03. The molecule has 28 heavy (non-hydrogen) atoms. The van der Waals surface area contributed by atoms with Gasteiger partial charge in [-0.05, 0) is 36.6 Å². The van der Waals surface area contributed by atoms with Crippen molar-refractivity contribution in [2.24, 2.45) is 5.92 Å². The maximum Gasteiger partial charge on any atom is 0.165 e. The predicted molar refractivity (Wildman–Crippen MR) is 112 cm³/mol. The smallest absolute Gasteiger partial charge is 0.165 e. The number of Topliss-reactive ketones (excluding diaryl/α,β-unsaturated/α-hetero) is 1. The zero-order chi connectivity index (χ0) is 19.5. The van der Waals surface area contributed by atoms with Crippen LogP contribution in [-0.2, 0) is 0 Å². The summed E-state index contributed by atoms with van der Waals surface area (Å²) in [7, 11) is 0. The van der Waals surface area contributed by atoms with E-state index < -0.39 is 0 Å². The quantitative estimate of drug-likeness (QED) is 0.511. The van der Waals surface area contributed by atoms with Crippen LogP contribution in [0.4, 0.5) is 15.9 Å². The van der Waals surface area contributed by atoms with Crippen molar-refractivity contribution in [1.82, 2.24) is 4.98 Å². The molecule has 1 aliphatic carbocycles. The Morgan fingerprint density at radius 1 is 1.14 bits per heavy atom. The SMILES string of the molecule is Cc1cccc2c(Nc3cccc(F)c3)ncc(C(=O)CC3CCCCC3)c12. The van der Waals surface area contributed by atoms with E-state index in [9.17, 15) is 9.18 Å². The standard InChI is InChI=1S/C24H25FN2O/c1-16-7-5-12-20-23(16)21(22(28)13-17-8-3-2-4-9-17)15-26-24(20)27-19-11-6-10-18(25)14-19/h5-7,10-12,14-15,17H,2-4,8-9,13H2,1H3,(H,26,27). The van der Waals surface area contributed by atoms with Crippen LogP contribution in [-0.4, -0.2) is 10.8 Å². The number of aromatic nitrogens is 1. The van der Waals surface area contributed by atoms with Gasteiger partial charge in [0, 0.05) is 34.6 Å². The van der Waals surface area contributed by atoms with Crippen molar-refractivity contribution in [2.45, 2.75) is 45.4 Å². The van der Waals surface area contributed by atoms with Crippen LogP contribution in [0.25, 0.3) is 10.8 Å². The molecule has 1 saturated carbocycles. The Balaban J connectivity index is 1.70. The van der Waals surface area contributed by atoms with Crippen molar-refractivity contribution < 1.29 is 9.18 Å². The number of rotatable bonds is 5. The Hall–Kier alpha value is -2.75. The minimum atomic E-state index is -0.301. The number of pyridine rings is 1. The maximum absolute atomic E-state index is 13.5. The van der Waals surface area contributed by atoms with Crippen molar-refractivity contribution >= 4 is 28.1 Å². The molecule has 3 aromatic rings. The number of nitrogens with one attached hydrogen (secondary N) is 1. The summed E-state index contributed by atoms with van der Waals surface area (Å²) in [5.41, 5.74) is 2.38. The van der Waals surface area contributed by atoms with Gasteiger partial charge in [0.05, 0.1) is 0 Å². The number of aryl methyl sites for hydroxylation is 1. The average Bonchev–Trinajstić information content (AvgIpc) is 2.69. The van der Waals surface area contributed by atoms with E-state index in [2.05, 4.69) is 10.3 Å². The van der Waals surface area contributed by atoms with Crippen molar-refractivity contribution in [3.8, 4) is 0 Å². The van der Waals surface area contributed by atoms with Crippen LogP contribution in [0.1, 0.15) is 54.4 Å². The second-order valence-corrected chi connectivity index (χ2v) is 7.78. The number of fused-ring (bicyclic) bond motifs is 1. The first-order chi connectivity index (χ1) is 13.6. The molecule has 1 aromatic heterocycles. The van der Waals surface area contributed by atoms with Gasteiger partial charge in [-0.3, -0.25) is 4.79 Å². The highest BCUT2D eigenvalue weighted by atomic mass is 19.1. The van der Waals surface area contributed by atoms with E-state index in [0.29, 0.717) is 29.4 Å². The van der Waals surface area contributed by atoms with Crippen LogP contribution in [0.3, 0.4) is 0 Å². The third kappa shape index (κ3) is 3.91. The molecule has 1 fully saturated rings. The number of benzene rings is 2. The summed E-state index contributed by atoms with van der Waals surface area (Å²) in [6.07, 6.45) is 8.32. The molecule has 0 spiro atoms. The van der Waals surface area contributed by atoms with Gasteiger partial charge in [-0.15, -0.1) is 0 Å². The first-order valence-electron chi connectivity index (χ1n) is 10.1. The van der Waals surface area contributed by atoms with Gasteiger partial charge in [0.2, 0.25) is 0 Å². The molecular formula is C24H25FN2O. The summed E-state index contributed by atoms with van der Waals surface area (Å²) >= 11 is 0. The zero-order valence-electron chi connectivity index (χ0n) is 16.2. The Kier molecular flexibility index (Phi) is 5.38. The highest BCUT2D eigenvalue weighted by Gasteiger charge is 2.21. The van der Waals surface area contributed by atoms with E-state index in [1.807, 2.05) is 25.1 Å². The third-order valence-corrected chi connectivity index (χ3v) is 5.71. The van der Waals surface area contributed by atoms with Crippen LogP contribution in [0.5, 0.6) is 0 Å². The molecule has 0 unspecified atom stereocenters. The topological polar surface area (TPSA) is 42.0 Å². The molecule has 4 rings (SSSR count). The van der Waals surface area contributed by atoms with Crippen LogP contribution in [0.15, 0.2) is 48.7 Å². The fraction of sp³-hybridized carbons (Fsp3) is 0.333. The van der Waals surface area contributed by atoms with Gasteiger partial charge in [-0.25, -0.2) is 9.37 Å². The Bertz CT molecular complexity index is 1010. The van der Waals surface area contributed by atoms with Gasteiger partial charge in [-0.2, -0.15) is 0 Å². The second kappa shape index (κ2) is 8.09. The molecule has 3 nitrogen and oxygen atoms in total. The predicted octanol–water partition coefficient (Wildman–Crippen LogP) is 6.58. The highest BCUT2D eigenvalue weighted by Crippen LogP contribution is 2.32. The largest absolute Gasteiger partial charge is 0.340 e. The molecule has 0 amide bonds. The summed E-state index contributed by atoms with van der Waals surface area (Å²) in [6, 6.07) is 12.3. The van der Waals surface area contributed by atoms with Gasteiger partial charge < -0.3 is 5.32 Å². The molecule has 0 atom stereocenters. The van der Waals surface area contributed by atoms with Crippen LogP contribution >= 0.6 is 0 Å². The molecule has 0 radical (unpaired) electrons. The summed E-state index contributed by atoms with van der Waals surface area (Å²) in [4.78, 5) is 17.6. The first kappa shape index (κ1) is 18.6. The third-order valence-electron chi connectivity index (χ3n) is 5.71. The molecule has 1 heterocycles. The van der Waals surface area contributed by atoms with E-state index in [-0.39, 0.29) is 11.6 Å². The van der Waals surface area contributed by atoms with Gasteiger partial charge >= 0.3 is 0 Å². The normalized spacial score (nSPS) is 14.9. The van der Waals surface area contributed by atoms with E-state index in [4.69, 9.17) is 0 Å². The molecule has 2 aromatic carbocycles. The number of anilines is 2. The van der Waals surface area contributed by atoms with Gasteiger partial charge in [0.1, 0.15) is 11.6 Å². The Morgan fingerprint density at radius 3 is 2.71 bits per heavy atom. The number of nitrogens with zero attached hydrogens (tertiary/aromatic N) is 1. The zero-order valence-corrected chi connectivity index (χ0v) is 16.2. The summed E-state index contributed by atoms with van der Waals surface area (Å²) < 4.78 is 13.5. The molecular weight excluding hydrogens is 351 g/mol. The molecule has 0 aliphatic heterocycles. The van der Waals surface area contributed by atoms with Gasteiger partial charge in [0.15, 0.2) is 5.78 Å². The first-order valence-corrected chi connectivity index (χ1v) is 10.1. The second-order valence-electron chi connectivity index (χ2n) is 7.78. The minimum absolute atomic E-state index is 0.177. The molecule has 1 aliphatic rings. The van der Waals surface area contributed by atoms with E-state index in [0.717, 1.165) is 29.2 Å². The number of hydrogen-bond donors (Lipinski definition) is 1. The average molecular weight is 376 g/mol. The fourth-order valence-electron chi connectivity index (χ4n) is 4.26. The Labute approximate surface area is 165 Å². The van der Waals surface area contributed by atoms with Crippen LogP contribution in [0.2, 0.25) is 0 Å². The number of carbonyl (C=O) groups is 1. The molecule has 144 valence electrons. The lowest BCUT2D eigenvalue weighted by atomic mass is 9.84. The number of ketones is 1. The van der Waals surface area contributed by atoms with Crippen LogP contribution in [0, 0.1) is 18.7 Å². The highest BCUT2D eigenvalue weighted by molar-refractivity contribution is 6.11. The van der Waals surface area contributed by atoms with Crippen molar-refractivity contribution in [3.05, 3.63) is 65.6 Å². The minimum Gasteiger partial charge on any atom is -0.340 e. The summed E-state index contributed by atoms with van der Waals surface area (Å²) in [6.45, 7) is 2.02. The lowest BCUT2D eigenvalue weighted by molar-refractivity contribution is 0.0951.